The van der Waals surface area contributed by atoms with Crippen LogP contribution >= 0.6 is 0 Å². The number of ketones is 2. The summed E-state index contributed by atoms with van der Waals surface area (Å²) in [5.41, 5.74) is -1.78. The van der Waals surface area contributed by atoms with Gasteiger partial charge in [-0.15, -0.1) is 0 Å². The quantitative estimate of drug-likeness (QED) is 0.202. The van der Waals surface area contributed by atoms with Gasteiger partial charge in [0.15, 0.2) is 22.8 Å². The lowest BCUT2D eigenvalue weighted by Crippen LogP contribution is -2.70. The first kappa shape index (κ1) is 37.6. The Balaban J connectivity index is 1.42. The van der Waals surface area contributed by atoms with E-state index in [4.69, 9.17) is 18.9 Å². The number of carbonyl (C=O) groups excluding carboxylic acids is 3. The number of benzene rings is 1. The zero-order chi connectivity index (χ0) is 38.5. The van der Waals surface area contributed by atoms with Crippen LogP contribution in [0.1, 0.15) is 122 Å². The Kier molecular flexibility index (Phi) is 9.01. The Morgan fingerprint density at radius 2 is 1.64 bits per heavy atom. The molecule has 7 unspecified atom stereocenters. The fourth-order valence-electron chi connectivity index (χ4n) is 11.0. The van der Waals surface area contributed by atoms with E-state index in [1.807, 2.05) is 64.7 Å². The standard InChI is InChI=1S/C44H57NO8/c1-25(2)15-14-20-41(8)21-19-28-32(46)30-33(47)31-36(50-10)42(9)38-40(6,7)53-43(39(42)49,22-18-27(5)37(48)45-23-12-11-13-24-45)44(31,38)52-35(30)29(34(28)51-41)17-16-26(3)4/h15-16,18-19,21,31,36,38,46H,11-14,17,20,22-24H2,1-10H3/b27-18-. The first-order chi connectivity index (χ1) is 24.9. The molecule has 0 radical (unpaired) electrons. The van der Waals surface area contributed by atoms with Crippen molar-refractivity contribution >= 4 is 23.5 Å². The molecule has 286 valence electrons. The molecular formula is C44H57NO8. The summed E-state index contributed by atoms with van der Waals surface area (Å²) in [4.78, 5) is 45.9. The summed E-state index contributed by atoms with van der Waals surface area (Å²) >= 11 is 0. The lowest BCUT2D eigenvalue weighted by molar-refractivity contribution is -0.211. The molecule has 0 aromatic heterocycles. The predicted octanol–water partition coefficient (Wildman–Crippen LogP) is 7.87. The molecule has 4 heterocycles. The predicted molar refractivity (Wildman–Crippen MR) is 203 cm³/mol. The highest BCUT2D eigenvalue weighted by molar-refractivity contribution is 6.12. The second-order valence-electron chi connectivity index (χ2n) is 17.7. The maximum Gasteiger partial charge on any atom is 0.249 e. The Bertz CT molecular complexity index is 1890. The van der Waals surface area contributed by atoms with E-state index in [1.165, 1.54) is 12.7 Å². The number of aromatic hydroxyl groups is 1. The van der Waals surface area contributed by atoms with Gasteiger partial charge in [-0.2, -0.15) is 0 Å². The molecule has 1 N–H and O–H groups in total. The number of hydrogen-bond acceptors (Lipinski definition) is 8. The maximum atomic E-state index is 15.3. The SMILES string of the molecule is COC1C2C(=O)c3c(O)c4c(c(CC=C(C)C)c3OC23C2C(C)(C)OC3(C/C=C(/C)C(=O)N3CCCCC3)C(=O)C12C)OC(C)(CCC=C(C)C)C=C4. The number of piperidine rings is 1. The molecule has 1 amide bonds. The van der Waals surface area contributed by atoms with Crippen LogP contribution in [0.25, 0.3) is 6.08 Å². The zero-order valence-corrected chi connectivity index (χ0v) is 33.2. The molecule has 1 aromatic carbocycles. The molecule has 9 heteroatoms. The molecule has 7 rings (SSSR count). The van der Waals surface area contributed by atoms with Crippen LogP contribution in [0.15, 0.2) is 41.0 Å². The van der Waals surface area contributed by atoms with Crippen LogP contribution < -0.4 is 9.47 Å². The average molecular weight is 728 g/mol. The molecule has 2 saturated heterocycles. The van der Waals surface area contributed by atoms with Crippen molar-refractivity contribution in [2.45, 2.75) is 136 Å². The van der Waals surface area contributed by atoms with E-state index in [0.717, 1.165) is 31.3 Å². The van der Waals surface area contributed by atoms with E-state index in [0.29, 0.717) is 48.4 Å². The van der Waals surface area contributed by atoms with Gasteiger partial charge in [-0.25, -0.2) is 0 Å². The number of methoxy groups -OCH3 is 1. The first-order valence-electron chi connectivity index (χ1n) is 19.4. The maximum absolute atomic E-state index is 15.3. The summed E-state index contributed by atoms with van der Waals surface area (Å²) in [5, 5.41) is 12.1. The molecule has 4 bridgehead atoms. The van der Waals surface area contributed by atoms with E-state index in [2.05, 4.69) is 26.0 Å². The largest absolute Gasteiger partial charge is 0.506 e. The van der Waals surface area contributed by atoms with Gasteiger partial charge < -0.3 is 29.0 Å². The zero-order valence-electron chi connectivity index (χ0n) is 33.2. The van der Waals surface area contributed by atoms with Crippen LogP contribution in [0.4, 0.5) is 0 Å². The third-order valence-electron chi connectivity index (χ3n) is 13.1. The second-order valence-corrected chi connectivity index (χ2v) is 17.7. The number of nitrogens with zero attached hydrogens (tertiary/aromatic N) is 1. The van der Waals surface area contributed by atoms with Gasteiger partial charge in [-0.05, 0) is 113 Å². The molecule has 1 spiro atoms. The number of allylic oxidation sites excluding steroid dienone is 4. The summed E-state index contributed by atoms with van der Waals surface area (Å²) < 4.78 is 27.4. The first-order valence-corrected chi connectivity index (χ1v) is 19.4. The van der Waals surface area contributed by atoms with Gasteiger partial charge in [0.1, 0.15) is 28.4 Å². The molecule has 2 saturated carbocycles. The van der Waals surface area contributed by atoms with Gasteiger partial charge in [0.2, 0.25) is 5.91 Å². The van der Waals surface area contributed by atoms with Gasteiger partial charge in [0, 0.05) is 43.7 Å². The van der Waals surface area contributed by atoms with Crippen LogP contribution in [0, 0.1) is 17.3 Å². The minimum atomic E-state index is -1.59. The molecule has 53 heavy (non-hydrogen) atoms. The molecule has 6 aliphatic rings. The number of carbonyl (C=O) groups is 3. The number of hydrogen-bond donors (Lipinski definition) is 1. The Hall–Kier alpha value is -3.69. The van der Waals surface area contributed by atoms with Crippen molar-refractivity contribution in [3.63, 3.8) is 0 Å². The number of rotatable bonds is 9. The summed E-state index contributed by atoms with van der Waals surface area (Å²) in [6.07, 6.45) is 14.1. The minimum absolute atomic E-state index is 0.0510. The number of ether oxygens (including phenoxy) is 4. The molecule has 4 aliphatic heterocycles. The smallest absolute Gasteiger partial charge is 0.249 e. The summed E-state index contributed by atoms with van der Waals surface area (Å²) in [5.74, 6) is -1.58. The van der Waals surface area contributed by atoms with Crippen LogP contribution in [0.5, 0.6) is 17.2 Å². The lowest BCUT2D eigenvalue weighted by atomic mass is 9.63. The van der Waals surface area contributed by atoms with Crippen molar-refractivity contribution in [1.82, 2.24) is 4.90 Å². The third kappa shape index (κ3) is 5.19. The summed E-state index contributed by atoms with van der Waals surface area (Å²) in [6.45, 7) is 19.2. The molecule has 1 aromatic rings. The number of phenolic OH excluding ortho intramolecular Hbond substituents is 1. The van der Waals surface area contributed by atoms with E-state index < -0.39 is 45.8 Å². The Morgan fingerprint density at radius 1 is 0.962 bits per heavy atom. The van der Waals surface area contributed by atoms with Gasteiger partial charge in [-0.3, -0.25) is 14.4 Å². The number of phenols is 1. The van der Waals surface area contributed by atoms with E-state index >= 15 is 9.59 Å². The fraction of sp³-hybridized carbons (Fsp3) is 0.614. The van der Waals surface area contributed by atoms with E-state index in [9.17, 15) is 9.90 Å². The highest BCUT2D eigenvalue weighted by atomic mass is 16.6. The Labute approximate surface area is 314 Å². The average Bonchev–Trinajstić information content (AvgIpc) is 3.53. The van der Waals surface area contributed by atoms with Crippen molar-refractivity contribution in [3.05, 3.63) is 57.7 Å². The van der Waals surface area contributed by atoms with Crippen molar-refractivity contribution in [1.29, 1.82) is 0 Å². The number of amides is 1. The highest BCUT2D eigenvalue weighted by Gasteiger charge is 2.95. The van der Waals surface area contributed by atoms with E-state index in [1.54, 1.807) is 6.92 Å². The van der Waals surface area contributed by atoms with Crippen molar-refractivity contribution in [3.8, 4) is 17.2 Å². The fourth-order valence-corrected chi connectivity index (χ4v) is 11.0. The van der Waals surface area contributed by atoms with Crippen LogP contribution in [0.2, 0.25) is 0 Å². The van der Waals surface area contributed by atoms with Gasteiger partial charge in [-0.1, -0.05) is 29.4 Å². The molecule has 7 atom stereocenters. The molecular weight excluding hydrogens is 670 g/mol. The summed E-state index contributed by atoms with van der Waals surface area (Å²) in [6, 6.07) is 0. The van der Waals surface area contributed by atoms with Crippen molar-refractivity contribution < 1.29 is 38.4 Å². The van der Waals surface area contributed by atoms with Gasteiger partial charge in [0.25, 0.3) is 0 Å². The normalized spacial score (nSPS) is 34.6. The lowest BCUT2D eigenvalue weighted by Gasteiger charge is -2.52. The third-order valence-corrected chi connectivity index (χ3v) is 13.1. The number of likely N-dealkylation sites (tertiary alicyclic amines) is 1. The monoisotopic (exact) mass is 727 g/mol. The minimum Gasteiger partial charge on any atom is -0.506 e. The number of Topliss-reactive ketones (excluding diaryl/α,β-unsaturated/α-hetero) is 2. The van der Waals surface area contributed by atoms with E-state index in [-0.39, 0.29) is 41.0 Å². The van der Waals surface area contributed by atoms with Gasteiger partial charge in [0.05, 0.1) is 28.6 Å². The molecule has 4 fully saturated rings. The van der Waals surface area contributed by atoms with Crippen LogP contribution in [-0.2, 0) is 25.5 Å². The van der Waals surface area contributed by atoms with Crippen molar-refractivity contribution in [2.24, 2.45) is 17.3 Å². The van der Waals surface area contributed by atoms with Crippen LogP contribution in [0.3, 0.4) is 0 Å². The van der Waals surface area contributed by atoms with Gasteiger partial charge >= 0.3 is 0 Å². The van der Waals surface area contributed by atoms with Crippen LogP contribution in [-0.4, -0.2) is 76.2 Å². The molecule has 2 aliphatic carbocycles. The Morgan fingerprint density at radius 3 is 2.28 bits per heavy atom. The molecule has 9 nitrogen and oxygen atoms in total. The van der Waals surface area contributed by atoms with Crippen molar-refractivity contribution in [2.75, 3.05) is 20.2 Å². The summed E-state index contributed by atoms with van der Waals surface area (Å²) in [7, 11) is 1.54. The highest BCUT2D eigenvalue weighted by Crippen LogP contribution is 2.78. The number of fused-ring (bicyclic) bond motifs is 2. The topological polar surface area (TPSA) is 112 Å². The second kappa shape index (κ2) is 12.7.